The summed E-state index contributed by atoms with van der Waals surface area (Å²) in [4.78, 5) is 26.4. The summed E-state index contributed by atoms with van der Waals surface area (Å²) in [5.74, 6) is -0.261. The first kappa shape index (κ1) is 14.0. The number of rotatable bonds is 5. The van der Waals surface area contributed by atoms with Gasteiger partial charge in [-0.15, -0.1) is 6.58 Å². The molecule has 0 saturated heterocycles. The molecule has 1 rings (SSSR count). The molecule has 0 saturated carbocycles. The standard InChI is InChI=1S/C14H18N2O2/c1-4-10-16(12(2)17)11-14(18)15(3)13-8-6-5-7-9-13/h4-9H,1,10-11H2,2-3H3. The number of carbonyl (C=O) groups is 2. The minimum atomic E-state index is -0.135. The smallest absolute Gasteiger partial charge is 0.246 e. The lowest BCUT2D eigenvalue weighted by Gasteiger charge is -2.23. The van der Waals surface area contributed by atoms with E-state index in [1.807, 2.05) is 30.3 Å². The Morgan fingerprint density at radius 1 is 1.28 bits per heavy atom. The number of amides is 2. The van der Waals surface area contributed by atoms with E-state index in [9.17, 15) is 9.59 Å². The molecule has 18 heavy (non-hydrogen) atoms. The Balaban J connectivity index is 2.70. The van der Waals surface area contributed by atoms with Crippen LogP contribution in [-0.2, 0) is 9.59 Å². The molecular formula is C14H18N2O2. The Hall–Kier alpha value is -2.10. The lowest BCUT2D eigenvalue weighted by atomic mass is 10.3. The first-order valence-corrected chi connectivity index (χ1v) is 5.74. The van der Waals surface area contributed by atoms with Crippen LogP contribution in [0, 0.1) is 0 Å². The van der Waals surface area contributed by atoms with E-state index in [0.29, 0.717) is 6.54 Å². The molecule has 0 bridgehead atoms. The van der Waals surface area contributed by atoms with E-state index in [-0.39, 0.29) is 18.4 Å². The second-order valence-corrected chi connectivity index (χ2v) is 3.98. The van der Waals surface area contributed by atoms with Crippen molar-refractivity contribution in [3.05, 3.63) is 43.0 Å². The molecule has 0 heterocycles. The predicted molar refractivity (Wildman–Crippen MR) is 72.3 cm³/mol. The zero-order valence-electron chi connectivity index (χ0n) is 10.8. The van der Waals surface area contributed by atoms with Gasteiger partial charge in [0.05, 0.1) is 0 Å². The molecule has 0 fully saturated rings. The van der Waals surface area contributed by atoms with Gasteiger partial charge in [0.2, 0.25) is 11.8 Å². The van der Waals surface area contributed by atoms with Crippen LogP contribution in [0.2, 0.25) is 0 Å². The van der Waals surface area contributed by atoms with E-state index < -0.39 is 0 Å². The highest BCUT2D eigenvalue weighted by Gasteiger charge is 2.16. The van der Waals surface area contributed by atoms with Crippen molar-refractivity contribution in [3.8, 4) is 0 Å². The Kier molecular flexibility index (Phi) is 5.11. The summed E-state index contributed by atoms with van der Waals surface area (Å²) in [5.41, 5.74) is 0.810. The van der Waals surface area contributed by atoms with Gasteiger partial charge in [-0.25, -0.2) is 0 Å². The van der Waals surface area contributed by atoms with Crippen LogP contribution >= 0.6 is 0 Å². The number of hydrogen-bond donors (Lipinski definition) is 0. The summed E-state index contributed by atoms with van der Waals surface area (Å²) in [6.07, 6.45) is 1.61. The highest BCUT2D eigenvalue weighted by molar-refractivity contribution is 5.96. The van der Waals surface area contributed by atoms with Crippen molar-refractivity contribution in [1.82, 2.24) is 4.90 Å². The van der Waals surface area contributed by atoms with Crippen molar-refractivity contribution < 1.29 is 9.59 Å². The van der Waals surface area contributed by atoms with Gasteiger partial charge < -0.3 is 9.80 Å². The van der Waals surface area contributed by atoms with E-state index >= 15 is 0 Å². The average Bonchev–Trinajstić information content (AvgIpc) is 2.38. The number of anilines is 1. The van der Waals surface area contributed by atoms with Crippen molar-refractivity contribution in [1.29, 1.82) is 0 Å². The van der Waals surface area contributed by atoms with Gasteiger partial charge in [-0.3, -0.25) is 9.59 Å². The number of para-hydroxylation sites is 1. The fraction of sp³-hybridized carbons (Fsp3) is 0.286. The van der Waals surface area contributed by atoms with Crippen LogP contribution in [0.4, 0.5) is 5.69 Å². The van der Waals surface area contributed by atoms with Crippen molar-refractivity contribution in [2.24, 2.45) is 0 Å². The van der Waals surface area contributed by atoms with Gasteiger partial charge >= 0.3 is 0 Å². The molecule has 0 aliphatic rings. The summed E-state index contributed by atoms with van der Waals surface area (Å²) in [7, 11) is 1.70. The van der Waals surface area contributed by atoms with Crippen LogP contribution in [-0.4, -0.2) is 36.9 Å². The maximum absolute atomic E-state index is 12.0. The Bertz CT molecular complexity index is 429. The largest absolute Gasteiger partial charge is 0.330 e. The monoisotopic (exact) mass is 246 g/mol. The summed E-state index contributed by atoms with van der Waals surface area (Å²) >= 11 is 0. The second kappa shape index (κ2) is 6.59. The zero-order valence-corrected chi connectivity index (χ0v) is 10.8. The molecule has 0 N–H and O–H groups in total. The van der Waals surface area contributed by atoms with Gasteiger partial charge in [0.25, 0.3) is 0 Å². The quantitative estimate of drug-likeness (QED) is 0.742. The lowest BCUT2D eigenvalue weighted by molar-refractivity contribution is -0.132. The van der Waals surface area contributed by atoms with E-state index in [2.05, 4.69) is 6.58 Å². The molecule has 2 amide bonds. The van der Waals surface area contributed by atoms with Crippen LogP contribution in [0.1, 0.15) is 6.92 Å². The molecule has 96 valence electrons. The molecule has 0 atom stereocenters. The van der Waals surface area contributed by atoms with Gasteiger partial charge in [0.15, 0.2) is 0 Å². The summed E-state index contributed by atoms with van der Waals surface area (Å²) in [6.45, 7) is 5.46. The van der Waals surface area contributed by atoms with Crippen LogP contribution in [0.25, 0.3) is 0 Å². The normalized spacial score (nSPS) is 9.67. The number of carbonyl (C=O) groups excluding carboxylic acids is 2. The predicted octanol–water partition coefficient (Wildman–Crippen LogP) is 1.68. The maximum Gasteiger partial charge on any atom is 0.246 e. The first-order chi connectivity index (χ1) is 8.56. The molecule has 0 aliphatic heterocycles. The molecular weight excluding hydrogens is 228 g/mol. The van der Waals surface area contributed by atoms with Gasteiger partial charge in [-0.2, -0.15) is 0 Å². The van der Waals surface area contributed by atoms with Crippen LogP contribution in [0.3, 0.4) is 0 Å². The number of hydrogen-bond acceptors (Lipinski definition) is 2. The van der Waals surface area contributed by atoms with Gasteiger partial charge in [0, 0.05) is 26.2 Å². The van der Waals surface area contributed by atoms with Crippen molar-refractivity contribution in [3.63, 3.8) is 0 Å². The molecule has 0 radical (unpaired) electrons. The molecule has 0 aromatic heterocycles. The first-order valence-electron chi connectivity index (χ1n) is 5.74. The molecule has 0 unspecified atom stereocenters. The van der Waals surface area contributed by atoms with E-state index in [4.69, 9.17) is 0 Å². The second-order valence-electron chi connectivity index (χ2n) is 3.98. The van der Waals surface area contributed by atoms with E-state index in [1.165, 1.54) is 11.8 Å². The van der Waals surface area contributed by atoms with Gasteiger partial charge in [0.1, 0.15) is 6.54 Å². The molecule has 0 aliphatic carbocycles. The third-order valence-corrected chi connectivity index (χ3v) is 2.64. The Morgan fingerprint density at radius 3 is 2.39 bits per heavy atom. The fourth-order valence-corrected chi connectivity index (χ4v) is 1.53. The number of likely N-dealkylation sites (N-methyl/N-ethyl adjacent to an activating group) is 1. The summed E-state index contributed by atoms with van der Waals surface area (Å²) in [5, 5.41) is 0. The molecule has 4 nitrogen and oxygen atoms in total. The average molecular weight is 246 g/mol. The molecule has 1 aromatic carbocycles. The molecule has 4 heteroatoms. The lowest BCUT2D eigenvalue weighted by Crippen LogP contribution is -2.40. The highest BCUT2D eigenvalue weighted by Crippen LogP contribution is 2.11. The van der Waals surface area contributed by atoms with Crippen LogP contribution < -0.4 is 4.90 Å². The zero-order chi connectivity index (χ0) is 13.5. The summed E-state index contributed by atoms with van der Waals surface area (Å²) in [6, 6.07) is 9.33. The Labute approximate surface area is 108 Å². The maximum atomic E-state index is 12.0. The van der Waals surface area contributed by atoms with Crippen molar-refractivity contribution in [2.75, 3.05) is 25.0 Å². The fourth-order valence-electron chi connectivity index (χ4n) is 1.53. The Morgan fingerprint density at radius 2 is 1.89 bits per heavy atom. The highest BCUT2D eigenvalue weighted by atomic mass is 16.2. The van der Waals surface area contributed by atoms with Gasteiger partial charge in [-0.1, -0.05) is 24.3 Å². The molecule has 1 aromatic rings. The minimum Gasteiger partial charge on any atom is -0.330 e. The minimum absolute atomic E-state index is 0.0622. The molecule has 0 spiro atoms. The summed E-state index contributed by atoms with van der Waals surface area (Å²) < 4.78 is 0. The van der Waals surface area contributed by atoms with E-state index in [1.54, 1.807) is 18.0 Å². The number of benzene rings is 1. The van der Waals surface area contributed by atoms with Crippen molar-refractivity contribution >= 4 is 17.5 Å². The topological polar surface area (TPSA) is 40.6 Å². The third kappa shape index (κ3) is 3.73. The van der Waals surface area contributed by atoms with E-state index in [0.717, 1.165) is 5.69 Å². The van der Waals surface area contributed by atoms with Crippen LogP contribution in [0.15, 0.2) is 43.0 Å². The van der Waals surface area contributed by atoms with Crippen molar-refractivity contribution in [2.45, 2.75) is 6.92 Å². The van der Waals surface area contributed by atoms with Gasteiger partial charge in [-0.05, 0) is 12.1 Å². The number of nitrogens with zero attached hydrogens (tertiary/aromatic N) is 2. The third-order valence-electron chi connectivity index (χ3n) is 2.64. The SMILES string of the molecule is C=CCN(CC(=O)N(C)c1ccccc1)C(C)=O. The van der Waals surface area contributed by atoms with Crippen LogP contribution in [0.5, 0.6) is 0 Å².